The second-order valence-electron chi connectivity index (χ2n) is 6.63. The van der Waals surface area contributed by atoms with Crippen molar-refractivity contribution in [3.63, 3.8) is 0 Å². The zero-order valence-corrected chi connectivity index (χ0v) is 16.8. The van der Waals surface area contributed by atoms with Crippen LogP contribution in [0.25, 0.3) is 10.9 Å². The minimum absolute atomic E-state index is 0.0617. The minimum Gasteiger partial charge on any atom is -0.377 e. The molecule has 2 heterocycles. The van der Waals surface area contributed by atoms with E-state index in [9.17, 15) is 9.18 Å². The number of pyridine rings is 1. The lowest BCUT2D eigenvalue weighted by Crippen LogP contribution is -2.28. The Kier molecular flexibility index (Phi) is 5.53. The molecule has 4 rings (SSSR count). The lowest BCUT2D eigenvalue weighted by Gasteiger charge is -2.19. The van der Waals surface area contributed by atoms with Gasteiger partial charge in [0.2, 0.25) is 0 Å². The Morgan fingerprint density at radius 2 is 2.11 bits per heavy atom. The van der Waals surface area contributed by atoms with E-state index in [0.717, 1.165) is 21.4 Å². The first-order valence-corrected chi connectivity index (χ1v) is 10.1. The molecule has 0 atom stereocenters. The molecular formula is C21H18ClFN2O2S. The highest BCUT2D eigenvalue weighted by Crippen LogP contribution is 2.39. The molecule has 0 unspecified atom stereocenters. The first-order chi connectivity index (χ1) is 13.5. The van der Waals surface area contributed by atoms with E-state index in [2.05, 4.69) is 4.98 Å². The van der Waals surface area contributed by atoms with E-state index in [4.69, 9.17) is 16.3 Å². The van der Waals surface area contributed by atoms with Crippen LogP contribution < -0.4 is 0 Å². The van der Waals surface area contributed by atoms with E-state index in [1.807, 2.05) is 18.2 Å². The predicted octanol–water partition coefficient (Wildman–Crippen LogP) is 5.17. The van der Waals surface area contributed by atoms with Gasteiger partial charge in [0.25, 0.3) is 5.91 Å². The third-order valence-electron chi connectivity index (χ3n) is 4.68. The van der Waals surface area contributed by atoms with Gasteiger partial charge in [0.1, 0.15) is 0 Å². The van der Waals surface area contributed by atoms with Crippen molar-refractivity contribution in [3.8, 4) is 0 Å². The molecule has 0 N–H and O–H groups in total. The van der Waals surface area contributed by atoms with Gasteiger partial charge in [0.15, 0.2) is 5.82 Å². The summed E-state index contributed by atoms with van der Waals surface area (Å²) in [6, 6.07) is 10.6. The number of aromatic nitrogens is 1. The number of hydrogen-bond acceptors (Lipinski definition) is 4. The van der Waals surface area contributed by atoms with Crippen LogP contribution in [0, 0.1) is 5.82 Å². The highest BCUT2D eigenvalue weighted by molar-refractivity contribution is 7.99. The number of ether oxygens (including phenoxy) is 1. The van der Waals surface area contributed by atoms with Gasteiger partial charge in [0, 0.05) is 42.2 Å². The van der Waals surface area contributed by atoms with Gasteiger partial charge in [0.05, 0.1) is 22.0 Å². The number of carbonyl (C=O) groups is 1. The summed E-state index contributed by atoms with van der Waals surface area (Å²) >= 11 is 7.31. The van der Waals surface area contributed by atoms with Gasteiger partial charge in [-0.05, 0) is 42.3 Å². The van der Waals surface area contributed by atoms with E-state index in [1.54, 1.807) is 36.3 Å². The van der Waals surface area contributed by atoms with E-state index in [-0.39, 0.29) is 17.5 Å². The van der Waals surface area contributed by atoms with Crippen molar-refractivity contribution in [3.05, 3.63) is 64.6 Å². The monoisotopic (exact) mass is 416 g/mol. The van der Waals surface area contributed by atoms with E-state index in [0.29, 0.717) is 30.0 Å². The third kappa shape index (κ3) is 3.72. The molecule has 28 heavy (non-hydrogen) atoms. The van der Waals surface area contributed by atoms with Crippen LogP contribution in [-0.4, -0.2) is 36.0 Å². The fourth-order valence-corrected chi connectivity index (χ4v) is 4.45. The molecular weight excluding hydrogens is 399 g/mol. The van der Waals surface area contributed by atoms with Crippen LogP contribution in [0.2, 0.25) is 5.02 Å². The Hall–Kier alpha value is -2.15. The van der Waals surface area contributed by atoms with Gasteiger partial charge in [-0.1, -0.05) is 29.4 Å². The molecule has 3 aromatic rings. The molecule has 0 spiro atoms. The van der Waals surface area contributed by atoms with Gasteiger partial charge in [-0.25, -0.2) is 4.39 Å². The lowest BCUT2D eigenvalue weighted by molar-refractivity contribution is 0.0751. The highest BCUT2D eigenvalue weighted by atomic mass is 35.5. The number of hydrogen-bond donors (Lipinski definition) is 0. The number of rotatable bonds is 0. The summed E-state index contributed by atoms with van der Waals surface area (Å²) < 4.78 is 20.6. The predicted molar refractivity (Wildman–Crippen MR) is 109 cm³/mol. The van der Waals surface area contributed by atoms with Crippen LogP contribution >= 0.6 is 23.4 Å². The summed E-state index contributed by atoms with van der Waals surface area (Å²) in [5, 5.41) is 0.873. The second-order valence-corrected chi connectivity index (χ2v) is 8.08. The van der Waals surface area contributed by atoms with Crippen LogP contribution in [0.5, 0.6) is 0 Å². The Balaban J connectivity index is 1.89. The summed E-state index contributed by atoms with van der Waals surface area (Å²) in [7, 11) is 1.78. The van der Waals surface area contributed by atoms with Gasteiger partial charge < -0.3 is 9.64 Å². The molecule has 0 aliphatic carbocycles. The minimum atomic E-state index is -0.461. The summed E-state index contributed by atoms with van der Waals surface area (Å²) in [6.07, 6.45) is 2.38. The quantitative estimate of drug-likeness (QED) is 0.507. The molecule has 0 saturated heterocycles. The van der Waals surface area contributed by atoms with Crippen LogP contribution in [0.3, 0.4) is 0 Å². The summed E-state index contributed by atoms with van der Waals surface area (Å²) in [5.74, 6) is -0.523. The lowest BCUT2D eigenvalue weighted by atomic mass is 10.1. The number of halogens is 2. The van der Waals surface area contributed by atoms with Crippen molar-refractivity contribution in [2.24, 2.45) is 0 Å². The van der Waals surface area contributed by atoms with Crippen LogP contribution in [-0.2, 0) is 11.3 Å². The normalized spacial score (nSPS) is 15.5. The fourth-order valence-electron chi connectivity index (χ4n) is 3.16. The third-order valence-corrected chi connectivity index (χ3v) is 6.19. The zero-order valence-electron chi connectivity index (χ0n) is 15.2. The summed E-state index contributed by atoms with van der Waals surface area (Å²) in [6.45, 7) is 1.33. The molecule has 0 fully saturated rings. The number of nitrogens with zero attached hydrogens (tertiary/aromatic N) is 2. The van der Waals surface area contributed by atoms with Crippen molar-refractivity contribution in [2.75, 3.05) is 20.2 Å². The van der Waals surface area contributed by atoms with E-state index < -0.39 is 5.82 Å². The van der Waals surface area contributed by atoms with E-state index in [1.165, 1.54) is 11.8 Å². The maximum Gasteiger partial charge on any atom is 0.253 e. The van der Waals surface area contributed by atoms with Gasteiger partial charge >= 0.3 is 0 Å². The average Bonchev–Trinajstić information content (AvgIpc) is 2.71. The Morgan fingerprint density at radius 1 is 1.25 bits per heavy atom. The SMILES string of the molecule is CN1CCCOCc2ccc(Cl)c(F)c2Sc2ccnc3ccc(cc23)C1=O. The van der Waals surface area contributed by atoms with Crippen LogP contribution in [0.15, 0.2) is 52.4 Å². The molecule has 144 valence electrons. The Morgan fingerprint density at radius 3 is 2.96 bits per heavy atom. The van der Waals surface area contributed by atoms with Gasteiger partial charge in [-0.2, -0.15) is 0 Å². The molecule has 7 heteroatoms. The molecule has 4 nitrogen and oxygen atoms in total. The van der Waals surface area contributed by atoms with E-state index >= 15 is 0 Å². The molecule has 1 amide bonds. The maximum atomic E-state index is 14.8. The van der Waals surface area contributed by atoms with Crippen molar-refractivity contribution in [1.29, 1.82) is 0 Å². The molecule has 2 bridgehead atoms. The van der Waals surface area contributed by atoms with Crippen molar-refractivity contribution < 1.29 is 13.9 Å². The van der Waals surface area contributed by atoms with Crippen LogP contribution in [0.1, 0.15) is 22.3 Å². The summed E-state index contributed by atoms with van der Waals surface area (Å²) in [4.78, 5) is 20.1. The first-order valence-electron chi connectivity index (χ1n) is 8.91. The molecule has 0 radical (unpaired) electrons. The molecule has 0 saturated carbocycles. The highest BCUT2D eigenvalue weighted by Gasteiger charge is 2.18. The van der Waals surface area contributed by atoms with Crippen molar-refractivity contribution in [2.45, 2.75) is 22.8 Å². The second kappa shape index (κ2) is 8.07. The van der Waals surface area contributed by atoms with Gasteiger partial charge in [-0.15, -0.1) is 0 Å². The number of amides is 1. The first kappa shape index (κ1) is 19.2. The number of fused-ring (bicyclic) bond motifs is 2. The van der Waals surface area contributed by atoms with Crippen molar-refractivity contribution >= 4 is 40.2 Å². The molecule has 2 aromatic carbocycles. The number of benzene rings is 2. The average molecular weight is 417 g/mol. The topological polar surface area (TPSA) is 42.4 Å². The van der Waals surface area contributed by atoms with Gasteiger partial charge in [-0.3, -0.25) is 9.78 Å². The molecule has 1 aromatic heterocycles. The largest absolute Gasteiger partial charge is 0.377 e. The smallest absolute Gasteiger partial charge is 0.253 e. The maximum absolute atomic E-state index is 14.8. The molecule has 1 aliphatic rings. The van der Waals surface area contributed by atoms with Crippen LogP contribution in [0.4, 0.5) is 4.39 Å². The Bertz CT molecular complexity index is 1060. The Labute approximate surface area is 171 Å². The molecule has 1 aliphatic heterocycles. The standard InChI is InChI=1S/C21H18ClFN2O2S/c1-25-9-2-10-27-12-14-3-5-16(22)19(23)20(14)28-18-7-8-24-17-6-4-13(21(25)26)11-15(17)18/h3-8,11H,2,9-10,12H2,1H3. The van der Waals surface area contributed by atoms with Crippen molar-refractivity contribution in [1.82, 2.24) is 9.88 Å². The number of carbonyl (C=O) groups excluding carboxylic acids is 1. The summed E-state index contributed by atoms with van der Waals surface area (Å²) in [5.41, 5.74) is 2.07. The fraction of sp³-hybridized carbons (Fsp3) is 0.238. The zero-order chi connectivity index (χ0) is 19.7.